The van der Waals surface area contributed by atoms with E-state index in [1.807, 2.05) is 12.1 Å². The van der Waals surface area contributed by atoms with Gasteiger partial charge in [-0.1, -0.05) is 39.3 Å². The zero-order valence-electron chi connectivity index (χ0n) is 22.5. The highest BCUT2D eigenvalue weighted by Crippen LogP contribution is 2.14. The van der Waals surface area contributed by atoms with Gasteiger partial charge in [-0.3, -0.25) is 4.79 Å². The van der Waals surface area contributed by atoms with E-state index >= 15 is 0 Å². The number of aromatic nitrogens is 3. The molecule has 0 aliphatic rings. The molecule has 0 fully saturated rings. The van der Waals surface area contributed by atoms with Crippen molar-refractivity contribution in [2.45, 2.75) is 59.0 Å². The Balaban J connectivity index is 1.86. The van der Waals surface area contributed by atoms with Gasteiger partial charge in [0.2, 0.25) is 17.8 Å². The van der Waals surface area contributed by atoms with Gasteiger partial charge < -0.3 is 36.5 Å². The zero-order chi connectivity index (χ0) is 26.7. The summed E-state index contributed by atoms with van der Waals surface area (Å²) in [4.78, 5) is 26.0. The van der Waals surface area contributed by atoms with Crippen LogP contribution in [0.4, 0.5) is 17.8 Å². The van der Waals surface area contributed by atoms with Gasteiger partial charge in [0.1, 0.15) is 0 Å². The summed E-state index contributed by atoms with van der Waals surface area (Å²) in [5.74, 6) is 1.47. The molecule has 37 heavy (non-hydrogen) atoms. The van der Waals surface area contributed by atoms with Crippen LogP contribution in [-0.4, -0.2) is 73.0 Å². The number of ether oxygens (including phenoxy) is 2. The van der Waals surface area contributed by atoms with E-state index in [0.717, 1.165) is 37.8 Å². The summed E-state index contributed by atoms with van der Waals surface area (Å²) in [6, 6.07) is 7.74. The number of hydrogen-bond donors (Lipinski definition) is 5. The molecule has 0 atom stereocenters. The first-order valence-corrected chi connectivity index (χ1v) is 13.3. The molecule has 0 spiro atoms. The highest BCUT2D eigenvalue weighted by atomic mass is 16.5. The normalized spacial score (nSPS) is 10.9. The van der Waals surface area contributed by atoms with Gasteiger partial charge in [0, 0.05) is 37.8 Å². The molecule has 11 nitrogen and oxygen atoms in total. The van der Waals surface area contributed by atoms with Gasteiger partial charge in [-0.25, -0.2) is 0 Å². The van der Waals surface area contributed by atoms with Crippen molar-refractivity contribution in [2.24, 2.45) is 5.73 Å². The SMILES string of the molecule is CCCCNc1nc(NCc2ccc(C(=O)NCCOCCOCCN)cc2)nc(NC(CC)CC)n1. The number of benzene rings is 1. The molecule has 206 valence electrons. The number of nitrogens with two attached hydrogens (primary N) is 1. The summed E-state index contributed by atoms with van der Waals surface area (Å²) in [5.41, 5.74) is 6.95. The Labute approximate surface area is 220 Å². The molecule has 0 radical (unpaired) electrons. The van der Waals surface area contributed by atoms with Gasteiger partial charge in [0.05, 0.1) is 26.4 Å². The summed E-state index contributed by atoms with van der Waals surface area (Å²) in [5, 5.41) is 12.8. The van der Waals surface area contributed by atoms with Gasteiger partial charge in [0.15, 0.2) is 0 Å². The van der Waals surface area contributed by atoms with Crippen LogP contribution in [0.15, 0.2) is 24.3 Å². The predicted octanol–water partition coefficient (Wildman–Crippen LogP) is 3.02. The molecule has 0 unspecified atom stereocenters. The van der Waals surface area contributed by atoms with E-state index in [-0.39, 0.29) is 5.91 Å². The van der Waals surface area contributed by atoms with Crippen LogP contribution in [0.1, 0.15) is 62.4 Å². The van der Waals surface area contributed by atoms with Crippen molar-refractivity contribution in [3.8, 4) is 0 Å². The lowest BCUT2D eigenvalue weighted by atomic mass is 10.1. The standard InChI is InChI=1S/C26H44N8O3/c1-4-7-13-29-24-32-25(34-26(33-24)31-22(5-2)6-3)30-19-20-8-10-21(11-9-20)23(35)28-14-16-37-18-17-36-15-12-27/h8-11,22H,4-7,12-19,27H2,1-3H3,(H,28,35)(H3,29,30,31,32,33,34). The van der Waals surface area contributed by atoms with Gasteiger partial charge in [-0.2, -0.15) is 15.0 Å². The molecule has 0 saturated heterocycles. The number of nitrogens with zero attached hydrogens (tertiary/aromatic N) is 3. The van der Waals surface area contributed by atoms with Crippen LogP contribution in [0.3, 0.4) is 0 Å². The van der Waals surface area contributed by atoms with Crippen LogP contribution in [0.5, 0.6) is 0 Å². The van der Waals surface area contributed by atoms with Crippen molar-refractivity contribution in [3.63, 3.8) is 0 Å². The molecule has 6 N–H and O–H groups in total. The highest BCUT2D eigenvalue weighted by Gasteiger charge is 2.11. The number of carbonyl (C=O) groups is 1. The zero-order valence-corrected chi connectivity index (χ0v) is 22.5. The number of nitrogens with one attached hydrogen (secondary N) is 4. The van der Waals surface area contributed by atoms with Crippen LogP contribution < -0.4 is 27.0 Å². The molecule has 0 saturated carbocycles. The number of rotatable bonds is 20. The molecule has 1 aromatic heterocycles. The predicted molar refractivity (Wildman–Crippen MR) is 148 cm³/mol. The minimum atomic E-state index is -0.139. The minimum absolute atomic E-state index is 0.139. The molecule has 1 aromatic carbocycles. The van der Waals surface area contributed by atoms with Gasteiger partial charge in [-0.15, -0.1) is 0 Å². The summed E-state index contributed by atoms with van der Waals surface area (Å²) in [7, 11) is 0. The lowest BCUT2D eigenvalue weighted by molar-refractivity contribution is 0.0511. The molecule has 1 heterocycles. The van der Waals surface area contributed by atoms with Gasteiger partial charge in [0.25, 0.3) is 5.91 Å². The Morgan fingerprint density at radius 3 is 2.16 bits per heavy atom. The number of anilines is 3. The van der Waals surface area contributed by atoms with Crippen molar-refractivity contribution in [1.82, 2.24) is 20.3 Å². The molecule has 1 amide bonds. The van der Waals surface area contributed by atoms with Crippen molar-refractivity contribution in [2.75, 3.05) is 62.0 Å². The van der Waals surface area contributed by atoms with Crippen molar-refractivity contribution in [3.05, 3.63) is 35.4 Å². The third-order valence-electron chi connectivity index (χ3n) is 5.60. The lowest BCUT2D eigenvalue weighted by Crippen LogP contribution is -2.27. The second-order valence-electron chi connectivity index (χ2n) is 8.56. The minimum Gasteiger partial charge on any atom is -0.378 e. The summed E-state index contributed by atoms with van der Waals surface area (Å²) >= 11 is 0. The molecule has 11 heteroatoms. The van der Waals surface area contributed by atoms with E-state index in [4.69, 9.17) is 15.2 Å². The summed E-state index contributed by atoms with van der Waals surface area (Å²) in [6.07, 6.45) is 4.11. The van der Waals surface area contributed by atoms with Gasteiger partial charge >= 0.3 is 0 Å². The van der Waals surface area contributed by atoms with E-state index in [1.54, 1.807) is 12.1 Å². The molecular weight excluding hydrogens is 472 g/mol. The van der Waals surface area contributed by atoms with Crippen molar-refractivity contribution < 1.29 is 14.3 Å². The Morgan fingerprint density at radius 1 is 0.865 bits per heavy atom. The van der Waals surface area contributed by atoms with E-state index in [0.29, 0.717) is 75.5 Å². The Morgan fingerprint density at radius 2 is 1.51 bits per heavy atom. The number of hydrogen-bond acceptors (Lipinski definition) is 10. The number of carbonyl (C=O) groups excluding carboxylic acids is 1. The average Bonchev–Trinajstić information content (AvgIpc) is 2.92. The maximum absolute atomic E-state index is 12.4. The topological polar surface area (TPSA) is 148 Å². The molecular formula is C26H44N8O3. The van der Waals surface area contributed by atoms with Crippen LogP contribution in [0.2, 0.25) is 0 Å². The third-order valence-corrected chi connectivity index (χ3v) is 5.60. The average molecular weight is 517 g/mol. The van der Waals surface area contributed by atoms with Gasteiger partial charge in [-0.05, 0) is 37.0 Å². The van der Waals surface area contributed by atoms with Crippen LogP contribution in [0.25, 0.3) is 0 Å². The first-order valence-electron chi connectivity index (χ1n) is 13.3. The van der Waals surface area contributed by atoms with Crippen LogP contribution in [-0.2, 0) is 16.0 Å². The smallest absolute Gasteiger partial charge is 0.251 e. The quantitative estimate of drug-likeness (QED) is 0.166. The molecule has 2 aromatic rings. The fourth-order valence-corrected chi connectivity index (χ4v) is 3.35. The van der Waals surface area contributed by atoms with Crippen molar-refractivity contribution >= 4 is 23.8 Å². The first kappa shape index (κ1) is 30.2. The highest BCUT2D eigenvalue weighted by molar-refractivity contribution is 5.94. The second kappa shape index (κ2) is 18.3. The lowest BCUT2D eigenvalue weighted by Gasteiger charge is -2.16. The largest absolute Gasteiger partial charge is 0.378 e. The van der Waals surface area contributed by atoms with Crippen LogP contribution >= 0.6 is 0 Å². The Kier molecular flexibility index (Phi) is 14.9. The molecule has 2 rings (SSSR count). The number of amides is 1. The van der Waals surface area contributed by atoms with Crippen LogP contribution in [0, 0.1) is 0 Å². The van der Waals surface area contributed by atoms with E-state index in [9.17, 15) is 4.79 Å². The molecule has 0 aliphatic carbocycles. The molecule has 0 aliphatic heterocycles. The van der Waals surface area contributed by atoms with Crippen molar-refractivity contribution in [1.29, 1.82) is 0 Å². The third kappa shape index (κ3) is 12.2. The fourth-order valence-electron chi connectivity index (χ4n) is 3.35. The Bertz CT molecular complexity index is 894. The summed E-state index contributed by atoms with van der Waals surface area (Å²) in [6.45, 7) is 10.6. The monoisotopic (exact) mass is 516 g/mol. The van der Waals surface area contributed by atoms with E-state index in [2.05, 4.69) is 57.0 Å². The fraction of sp³-hybridized carbons (Fsp3) is 0.615. The maximum Gasteiger partial charge on any atom is 0.251 e. The second-order valence-corrected chi connectivity index (χ2v) is 8.56. The van der Waals surface area contributed by atoms with E-state index in [1.165, 1.54) is 0 Å². The maximum atomic E-state index is 12.4. The number of unbranched alkanes of at least 4 members (excludes halogenated alkanes) is 1. The summed E-state index contributed by atoms with van der Waals surface area (Å²) < 4.78 is 10.7. The molecule has 0 bridgehead atoms. The Hall–Kier alpha value is -3.02. The van der Waals surface area contributed by atoms with E-state index < -0.39 is 0 Å². The first-order chi connectivity index (χ1) is 18.1.